The summed E-state index contributed by atoms with van der Waals surface area (Å²) in [5.41, 5.74) is 1.57. The number of aryl methyl sites for hydroxylation is 1. The molecule has 3 aromatic rings. The van der Waals surface area contributed by atoms with E-state index in [2.05, 4.69) is 4.98 Å². The normalized spacial score (nSPS) is 11.7. The van der Waals surface area contributed by atoms with E-state index in [9.17, 15) is 13.2 Å². The van der Waals surface area contributed by atoms with E-state index in [1.807, 2.05) is 36.6 Å². The number of nitrogens with zero attached hydrogens (tertiary/aromatic N) is 3. The predicted octanol–water partition coefficient (Wildman–Crippen LogP) is 3.27. The molecule has 0 spiro atoms. The molecule has 0 fully saturated rings. The van der Waals surface area contributed by atoms with Crippen molar-refractivity contribution in [2.45, 2.75) is 38.8 Å². The molecule has 30 heavy (non-hydrogen) atoms. The molecule has 9 heteroatoms. The molecular formula is C21H25N3O4S2. The third kappa shape index (κ3) is 5.16. The number of aromatic nitrogens is 2. The first-order valence-corrected chi connectivity index (χ1v) is 12.0. The van der Waals surface area contributed by atoms with Crippen LogP contribution in [0.3, 0.4) is 0 Å². The molecule has 0 saturated heterocycles. The first kappa shape index (κ1) is 22.2. The Labute approximate surface area is 180 Å². The smallest absolute Gasteiger partial charge is 0.250 e. The summed E-state index contributed by atoms with van der Waals surface area (Å²) in [6.45, 7) is 6.85. The number of rotatable bonds is 9. The molecular weight excluding hydrogens is 422 g/mol. The van der Waals surface area contributed by atoms with E-state index in [1.54, 1.807) is 13.8 Å². The third-order valence-corrected chi connectivity index (χ3v) is 7.52. The van der Waals surface area contributed by atoms with Crippen molar-refractivity contribution in [2.75, 3.05) is 13.1 Å². The monoisotopic (exact) mass is 447 g/mol. The minimum Gasteiger partial charge on any atom is -0.486 e. The molecule has 0 N–H and O–H groups in total. The Bertz CT molecular complexity index is 1150. The zero-order valence-corrected chi connectivity index (χ0v) is 18.9. The van der Waals surface area contributed by atoms with Crippen molar-refractivity contribution in [3.63, 3.8) is 0 Å². The Morgan fingerprint density at radius 3 is 2.47 bits per heavy atom. The lowest BCUT2D eigenvalue weighted by atomic mass is 10.2. The zero-order valence-electron chi connectivity index (χ0n) is 17.2. The van der Waals surface area contributed by atoms with E-state index in [0.29, 0.717) is 25.4 Å². The summed E-state index contributed by atoms with van der Waals surface area (Å²) in [6, 6.07) is 10.4. The molecule has 0 amide bonds. The van der Waals surface area contributed by atoms with Crippen LogP contribution in [0.15, 0.2) is 57.7 Å². The lowest BCUT2D eigenvalue weighted by Crippen LogP contribution is -2.32. The van der Waals surface area contributed by atoms with Gasteiger partial charge in [0.1, 0.15) is 17.4 Å². The third-order valence-electron chi connectivity index (χ3n) is 4.61. The van der Waals surface area contributed by atoms with Crippen LogP contribution in [0, 0.1) is 6.92 Å². The lowest BCUT2D eigenvalue weighted by molar-refractivity contribution is 0.305. The maximum Gasteiger partial charge on any atom is 0.250 e. The van der Waals surface area contributed by atoms with Crippen LogP contribution >= 0.6 is 11.3 Å². The molecule has 0 aliphatic heterocycles. The van der Waals surface area contributed by atoms with Gasteiger partial charge in [-0.05, 0) is 25.1 Å². The summed E-state index contributed by atoms with van der Waals surface area (Å²) < 4.78 is 33.9. The quantitative estimate of drug-likeness (QED) is 0.503. The van der Waals surface area contributed by atoms with Gasteiger partial charge in [-0.25, -0.2) is 13.4 Å². The van der Waals surface area contributed by atoms with Gasteiger partial charge in [-0.3, -0.25) is 4.79 Å². The predicted molar refractivity (Wildman–Crippen MR) is 118 cm³/mol. The molecule has 0 unspecified atom stereocenters. The Morgan fingerprint density at radius 2 is 1.80 bits per heavy atom. The van der Waals surface area contributed by atoms with Crippen LogP contribution in [0.4, 0.5) is 0 Å². The fourth-order valence-corrected chi connectivity index (χ4v) is 5.11. The van der Waals surface area contributed by atoms with Crippen molar-refractivity contribution < 1.29 is 13.2 Å². The van der Waals surface area contributed by atoms with Gasteiger partial charge in [-0.2, -0.15) is 4.31 Å². The minimum absolute atomic E-state index is 0.101. The van der Waals surface area contributed by atoms with Gasteiger partial charge >= 0.3 is 0 Å². The van der Waals surface area contributed by atoms with Crippen molar-refractivity contribution in [3.05, 3.63) is 74.6 Å². The number of hydrogen-bond donors (Lipinski definition) is 0. The summed E-state index contributed by atoms with van der Waals surface area (Å²) >= 11 is 1.44. The highest BCUT2D eigenvalue weighted by Crippen LogP contribution is 2.17. The maximum absolute atomic E-state index is 12.7. The SMILES string of the molecule is CCN(CC)S(=O)(=O)c1ccc(=O)n(Cc2csc(COc3ccc(C)cc3)n2)c1. The van der Waals surface area contributed by atoms with Crippen LogP contribution in [0.1, 0.15) is 30.1 Å². The topological polar surface area (TPSA) is 81.5 Å². The summed E-state index contributed by atoms with van der Waals surface area (Å²) in [7, 11) is -3.63. The van der Waals surface area contributed by atoms with E-state index < -0.39 is 10.0 Å². The zero-order chi connectivity index (χ0) is 21.7. The van der Waals surface area contributed by atoms with Crippen LogP contribution in [-0.2, 0) is 23.2 Å². The molecule has 0 aliphatic carbocycles. The summed E-state index contributed by atoms with van der Waals surface area (Å²) in [6.07, 6.45) is 1.39. The Balaban J connectivity index is 1.74. The molecule has 0 aliphatic rings. The van der Waals surface area contributed by atoms with E-state index in [0.717, 1.165) is 16.3 Å². The van der Waals surface area contributed by atoms with Gasteiger partial charge in [0.05, 0.1) is 17.1 Å². The summed E-state index contributed by atoms with van der Waals surface area (Å²) in [5.74, 6) is 0.767. The van der Waals surface area contributed by atoms with E-state index in [-0.39, 0.29) is 17.0 Å². The van der Waals surface area contributed by atoms with Gasteiger partial charge < -0.3 is 9.30 Å². The average Bonchev–Trinajstić information content (AvgIpc) is 3.17. The molecule has 2 heterocycles. The van der Waals surface area contributed by atoms with Crippen molar-refractivity contribution in [1.82, 2.24) is 13.9 Å². The van der Waals surface area contributed by atoms with Crippen LogP contribution in [0.5, 0.6) is 5.75 Å². The highest BCUT2D eigenvalue weighted by atomic mass is 32.2. The first-order chi connectivity index (χ1) is 14.3. The van der Waals surface area contributed by atoms with Crippen molar-refractivity contribution in [3.8, 4) is 5.75 Å². The fourth-order valence-electron chi connectivity index (χ4n) is 2.94. The molecule has 0 bridgehead atoms. The molecule has 7 nitrogen and oxygen atoms in total. The van der Waals surface area contributed by atoms with Crippen molar-refractivity contribution >= 4 is 21.4 Å². The van der Waals surface area contributed by atoms with Crippen molar-refractivity contribution in [2.24, 2.45) is 0 Å². The molecule has 0 radical (unpaired) electrons. The maximum atomic E-state index is 12.7. The molecule has 0 saturated carbocycles. The average molecular weight is 448 g/mol. The molecule has 2 aromatic heterocycles. The van der Waals surface area contributed by atoms with E-state index >= 15 is 0 Å². The van der Waals surface area contributed by atoms with E-state index in [1.165, 1.54) is 38.5 Å². The molecule has 3 rings (SSSR count). The van der Waals surface area contributed by atoms with Crippen LogP contribution < -0.4 is 10.3 Å². The summed E-state index contributed by atoms with van der Waals surface area (Å²) in [5, 5.41) is 2.64. The Morgan fingerprint density at radius 1 is 1.10 bits per heavy atom. The van der Waals surface area contributed by atoms with Gasteiger partial charge in [0.25, 0.3) is 5.56 Å². The van der Waals surface area contributed by atoms with Crippen molar-refractivity contribution in [1.29, 1.82) is 0 Å². The standard InChI is InChI=1S/C21H25N3O4S2/c1-4-24(5-2)30(26,27)19-10-11-21(25)23(13-19)12-17-15-29-20(22-17)14-28-18-8-6-16(3)7-9-18/h6-11,13,15H,4-5,12,14H2,1-3H3. The van der Waals surface area contributed by atoms with Crippen LogP contribution in [0.25, 0.3) is 0 Å². The number of thiazole rings is 1. The number of hydrogen-bond acceptors (Lipinski definition) is 6. The van der Waals surface area contributed by atoms with E-state index in [4.69, 9.17) is 4.74 Å². The second kappa shape index (κ2) is 9.55. The minimum atomic E-state index is -3.63. The van der Waals surface area contributed by atoms with Gasteiger partial charge in [0, 0.05) is 30.7 Å². The highest BCUT2D eigenvalue weighted by molar-refractivity contribution is 7.89. The number of sulfonamides is 1. The molecule has 1 aromatic carbocycles. The molecule has 0 atom stereocenters. The second-order valence-corrected chi connectivity index (χ2v) is 9.64. The lowest BCUT2D eigenvalue weighted by Gasteiger charge is -2.18. The van der Waals surface area contributed by atoms with Gasteiger partial charge in [-0.1, -0.05) is 31.5 Å². The van der Waals surface area contributed by atoms with Crippen LogP contribution in [-0.4, -0.2) is 35.4 Å². The summed E-state index contributed by atoms with van der Waals surface area (Å²) in [4.78, 5) is 16.9. The fraction of sp³-hybridized carbons (Fsp3) is 0.333. The number of benzene rings is 1. The highest BCUT2D eigenvalue weighted by Gasteiger charge is 2.22. The number of ether oxygens (including phenoxy) is 1. The molecule has 160 valence electrons. The van der Waals surface area contributed by atoms with Crippen LogP contribution in [0.2, 0.25) is 0 Å². The Hall–Kier alpha value is -2.49. The van der Waals surface area contributed by atoms with Gasteiger partial charge in [0.2, 0.25) is 10.0 Å². The number of pyridine rings is 1. The second-order valence-electron chi connectivity index (χ2n) is 6.75. The largest absolute Gasteiger partial charge is 0.486 e. The Kier molecular flexibility index (Phi) is 7.06. The first-order valence-electron chi connectivity index (χ1n) is 9.67. The van der Waals surface area contributed by atoms with Gasteiger partial charge in [0.15, 0.2) is 0 Å². The van der Waals surface area contributed by atoms with Gasteiger partial charge in [-0.15, -0.1) is 11.3 Å².